The molecule has 7 heteroatoms. The fourth-order valence-electron chi connectivity index (χ4n) is 3.02. The van der Waals surface area contributed by atoms with Crippen LogP contribution in [0.4, 0.5) is 0 Å². The van der Waals surface area contributed by atoms with Gasteiger partial charge in [-0.3, -0.25) is 10.2 Å². The molecule has 0 fully saturated rings. The van der Waals surface area contributed by atoms with Gasteiger partial charge in [-0.2, -0.15) is 0 Å². The maximum Gasteiger partial charge on any atom is 0.196 e. The van der Waals surface area contributed by atoms with Gasteiger partial charge in [0.25, 0.3) is 0 Å². The Kier molecular flexibility index (Phi) is 10.8. The van der Waals surface area contributed by atoms with Crippen molar-refractivity contribution in [3.05, 3.63) is 101 Å². The Hall–Kier alpha value is -2.86. The zero-order chi connectivity index (χ0) is 20.6. The molecule has 31 heavy (non-hydrogen) atoms. The molecule has 0 heterocycles. The average Bonchev–Trinajstić information content (AvgIpc) is 2.77. The first-order chi connectivity index (χ1) is 14.1. The lowest BCUT2D eigenvalue weighted by atomic mass is 10.00. The third kappa shape index (κ3) is 7.10. The molecule has 3 rings (SSSR count). The van der Waals surface area contributed by atoms with Gasteiger partial charge in [-0.25, -0.2) is 0 Å². The van der Waals surface area contributed by atoms with E-state index in [1.165, 1.54) is 5.56 Å². The summed E-state index contributed by atoms with van der Waals surface area (Å²) in [6.45, 7) is 1.02. The zero-order valence-corrected chi connectivity index (χ0v) is 18.7. The van der Waals surface area contributed by atoms with Crippen LogP contribution in [0.2, 0.25) is 0 Å². The molecule has 0 aliphatic heterocycles. The second-order valence-electron chi connectivity index (χ2n) is 6.82. The lowest BCUT2D eigenvalue weighted by Crippen LogP contribution is -2.13. The number of nitrogen functional groups attached to an aromatic ring is 1. The number of halogens is 2. The van der Waals surface area contributed by atoms with Gasteiger partial charge in [-0.05, 0) is 48.7 Å². The number of hydrogen-bond donors (Lipinski definition) is 3. The number of rotatable bonds is 9. The molecule has 0 aliphatic rings. The highest BCUT2D eigenvalue weighted by atomic mass is 35.5. The Balaban J connectivity index is 0.00000240. The van der Waals surface area contributed by atoms with Gasteiger partial charge in [-0.15, -0.1) is 24.8 Å². The van der Waals surface area contributed by atoms with Crippen LogP contribution < -0.4 is 16.2 Å². The monoisotopic (exact) mass is 459 g/mol. The first-order valence-corrected chi connectivity index (χ1v) is 9.57. The van der Waals surface area contributed by atoms with Crippen molar-refractivity contribution in [3.63, 3.8) is 0 Å². The number of amidine groups is 1. The maximum atomic E-state index is 13.0. The highest BCUT2D eigenvalue weighted by molar-refractivity contribution is 6.12. The summed E-state index contributed by atoms with van der Waals surface area (Å²) in [5.41, 5.74) is 14.9. The van der Waals surface area contributed by atoms with Crippen LogP contribution in [0.25, 0.3) is 0 Å². The van der Waals surface area contributed by atoms with E-state index in [0.717, 1.165) is 18.4 Å². The standard InChI is InChI=1S/C24H25N3O2.2ClH/c25-14-4-5-17-8-10-18(11-9-17)16-29-22-13-12-20(24(26)27)15-21(22)23(28)19-6-2-1-3-7-19;;/h1-3,6-13,15H,4-5,14,16,25H2,(H3,26,27);2*1H. The Morgan fingerprint density at radius 3 is 2.13 bits per heavy atom. The van der Waals surface area contributed by atoms with E-state index < -0.39 is 0 Å². The molecule has 3 aromatic rings. The molecule has 5 N–H and O–H groups in total. The topological polar surface area (TPSA) is 102 Å². The molecule has 3 aromatic carbocycles. The molecule has 0 saturated carbocycles. The molecule has 0 unspecified atom stereocenters. The van der Waals surface area contributed by atoms with Crippen molar-refractivity contribution >= 4 is 36.4 Å². The van der Waals surface area contributed by atoms with E-state index in [4.69, 9.17) is 21.6 Å². The largest absolute Gasteiger partial charge is 0.488 e. The lowest BCUT2D eigenvalue weighted by molar-refractivity contribution is 0.103. The normalized spacial score (nSPS) is 9.84. The molecule has 164 valence electrons. The van der Waals surface area contributed by atoms with Gasteiger partial charge < -0.3 is 16.2 Å². The minimum absolute atomic E-state index is 0. The number of aryl methyl sites for hydroxylation is 1. The predicted molar refractivity (Wildman–Crippen MR) is 130 cm³/mol. The van der Waals surface area contributed by atoms with E-state index >= 15 is 0 Å². The molecule has 0 radical (unpaired) electrons. The third-order valence-corrected chi connectivity index (χ3v) is 4.66. The molecule has 0 aliphatic carbocycles. The van der Waals surface area contributed by atoms with E-state index in [0.29, 0.717) is 35.6 Å². The minimum atomic E-state index is -0.166. The highest BCUT2D eigenvalue weighted by Gasteiger charge is 2.16. The summed E-state index contributed by atoms with van der Waals surface area (Å²) in [7, 11) is 0. The van der Waals surface area contributed by atoms with E-state index in [2.05, 4.69) is 12.1 Å². The van der Waals surface area contributed by atoms with Crippen LogP contribution in [-0.4, -0.2) is 18.2 Å². The van der Waals surface area contributed by atoms with E-state index in [1.54, 1.807) is 30.3 Å². The maximum absolute atomic E-state index is 13.0. The molecule has 5 nitrogen and oxygen atoms in total. The second-order valence-corrected chi connectivity index (χ2v) is 6.82. The van der Waals surface area contributed by atoms with Crippen LogP contribution >= 0.6 is 24.8 Å². The number of ketones is 1. The smallest absolute Gasteiger partial charge is 0.196 e. The Morgan fingerprint density at radius 2 is 1.52 bits per heavy atom. The predicted octanol–water partition coefficient (Wildman–Crippen LogP) is 4.52. The van der Waals surface area contributed by atoms with E-state index in [9.17, 15) is 4.79 Å². The van der Waals surface area contributed by atoms with Gasteiger partial charge in [-0.1, -0.05) is 54.6 Å². The van der Waals surface area contributed by atoms with Crippen molar-refractivity contribution in [1.29, 1.82) is 5.41 Å². The molecular weight excluding hydrogens is 433 g/mol. The van der Waals surface area contributed by atoms with Gasteiger partial charge in [0.1, 0.15) is 18.2 Å². The number of carbonyl (C=O) groups is 1. The summed E-state index contributed by atoms with van der Waals surface area (Å²) >= 11 is 0. The summed E-state index contributed by atoms with van der Waals surface area (Å²) in [5, 5.41) is 7.67. The number of ether oxygens (including phenoxy) is 1. The number of benzene rings is 3. The van der Waals surface area contributed by atoms with E-state index in [1.807, 2.05) is 30.3 Å². The average molecular weight is 460 g/mol. The van der Waals surface area contributed by atoms with Crippen molar-refractivity contribution in [2.45, 2.75) is 19.4 Å². The molecular formula is C24H27Cl2N3O2. The molecule has 0 atom stereocenters. The molecule has 0 bridgehead atoms. The Labute approximate surface area is 195 Å². The van der Waals surface area contributed by atoms with Crippen LogP contribution in [0.1, 0.15) is 39.0 Å². The highest BCUT2D eigenvalue weighted by Crippen LogP contribution is 2.24. The van der Waals surface area contributed by atoms with Crippen LogP contribution in [-0.2, 0) is 13.0 Å². The van der Waals surface area contributed by atoms with Gasteiger partial charge in [0.2, 0.25) is 0 Å². The summed E-state index contributed by atoms with van der Waals surface area (Å²) in [4.78, 5) is 13.0. The van der Waals surface area contributed by atoms with E-state index in [-0.39, 0.29) is 36.4 Å². The summed E-state index contributed by atoms with van der Waals surface area (Å²) < 4.78 is 5.97. The number of nitrogens with one attached hydrogen (secondary N) is 1. The van der Waals surface area contributed by atoms with Crippen LogP contribution in [0.15, 0.2) is 72.8 Å². The first kappa shape index (κ1) is 26.2. The Morgan fingerprint density at radius 1 is 0.871 bits per heavy atom. The fourth-order valence-corrected chi connectivity index (χ4v) is 3.02. The number of nitrogens with two attached hydrogens (primary N) is 2. The minimum Gasteiger partial charge on any atom is -0.488 e. The van der Waals surface area contributed by atoms with Crippen molar-refractivity contribution in [1.82, 2.24) is 0 Å². The SMILES string of the molecule is Cl.Cl.N=C(N)c1ccc(OCc2ccc(CCCN)cc2)c(C(=O)c2ccccc2)c1. The summed E-state index contributed by atoms with van der Waals surface area (Å²) in [5.74, 6) is 0.212. The first-order valence-electron chi connectivity index (χ1n) is 9.57. The second kappa shape index (κ2) is 12.7. The van der Waals surface area contributed by atoms with Crippen LogP contribution in [0.5, 0.6) is 5.75 Å². The Bertz CT molecular complexity index is 993. The molecule has 0 aromatic heterocycles. The molecule has 0 amide bonds. The van der Waals surface area contributed by atoms with Gasteiger partial charge in [0.15, 0.2) is 5.78 Å². The van der Waals surface area contributed by atoms with Gasteiger partial charge in [0.05, 0.1) is 5.56 Å². The summed E-state index contributed by atoms with van der Waals surface area (Å²) in [6.07, 6.45) is 1.92. The summed E-state index contributed by atoms with van der Waals surface area (Å²) in [6, 6.07) is 22.2. The number of carbonyl (C=O) groups excluding carboxylic acids is 1. The molecule has 0 spiro atoms. The lowest BCUT2D eigenvalue weighted by Gasteiger charge is -2.13. The number of hydrogen-bond acceptors (Lipinski definition) is 4. The zero-order valence-electron chi connectivity index (χ0n) is 17.0. The van der Waals surface area contributed by atoms with Crippen molar-refractivity contribution in [2.75, 3.05) is 6.54 Å². The van der Waals surface area contributed by atoms with Gasteiger partial charge in [0, 0.05) is 11.1 Å². The third-order valence-electron chi connectivity index (χ3n) is 4.66. The van der Waals surface area contributed by atoms with Crippen molar-refractivity contribution in [3.8, 4) is 5.75 Å². The quantitative estimate of drug-likeness (QED) is 0.248. The van der Waals surface area contributed by atoms with Gasteiger partial charge >= 0.3 is 0 Å². The molecule has 0 saturated heterocycles. The van der Waals surface area contributed by atoms with Crippen molar-refractivity contribution < 1.29 is 9.53 Å². The van der Waals surface area contributed by atoms with Crippen molar-refractivity contribution in [2.24, 2.45) is 11.5 Å². The van der Waals surface area contributed by atoms with Crippen LogP contribution in [0, 0.1) is 5.41 Å². The fraction of sp³-hybridized carbons (Fsp3) is 0.167. The van der Waals surface area contributed by atoms with Crippen LogP contribution in [0.3, 0.4) is 0 Å².